The number of nitrogens with zero attached hydrogens (tertiary/aromatic N) is 2. The zero-order valence-corrected chi connectivity index (χ0v) is 12.7. The third-order valence-electron chi connectivity index (χ3n) is 4.20. The number of carbonyl (C=O) groups is 3. The van der Waals surface area contributed by atoms with Gasteiger partial charge >= 0.3 is 6.18 Å². The zero-order chi connectivity index (χ0) is 17.5. The summed E-state index contributed by atoms with van der Waals surface area (Å²) in [4.78, 5) is 38.3. The fourth-order valence-corrected chi connectivity index (χ4v) is 3.05. The van der Waals surface area contributed by atoms with Gasteiger partial charge in [0.15, 0.2) is 0 Å². The Hall–Kier alpha value is -2.38. The van der Waals surface area contributed by atoms with Crippen LogP contribution in [0.3, 0.4) is 0 Å². The van der Waals surface area contributed by atoms with Gasteiger partial charge in [0, 0.05) is 18.7 Å². The Morgan fingerprint density at radius 1 is 1.08 bits per heavy atom. The fraction of sp³-hybridized carbons (Fsp3) is 0.438. The van der Waals surface area contributed by atoms with E-state index in [2.05, 4.69) is 0 Å². The van der Waals surface area contributed by atoms with E-state index in [9.17, 15) is 27.6 Å². The molecule has 1 aromatic carbocycles. The highest BCUT2D eigenvalue weighted by Crippen LogP contribution is 2.32. The van der Waals surface area contributed by atoms with Crippen molar-refractivity contribution in [1.82, 2.24) is 4.90 Å². The van der Waals surface area contributed by atoms with Crippen LogP contribution in [0.5, 0.6) is 0 Å². The molecule has 1 saturated heterocycles. The average molecular weight is 340 g/mol. The molecule has 0 atom stereocenters. The second-order valence-corrected chi connectivity index (χ2v) is 5.92. The predicted molar refractivity (Wildman–Crippen MR) is 78.9 cm³/mol. The molecule has 24 heavy (non-hydrogen) atoms. The number of hydrogen-bond donors (Lipinski definition) is 0. The first-order valence-electron chi connectivity index (χ1n) is 7.64. The summed E-state index contributed by atoms with van der Waals surface area (Å²) in [5, 5.41) is 0. The number of rotatable bonds is 2. The molecule has 0 spiro atoms. The highest BCUT2D eigenvalue weighted by atomic mass is 19.4. The van der Waals surface area contributed by atoms with E-state index < -0.39 is 24.4 Å². The Morgan fingerprint density at radius 2 is 1.75 bits per heavy atom. The predicted octanol–water partition coefficient (Wildman–Crippen LogP) is 2.40. The number of likely N-dealkylation sites (tertiary alicyclic amines) is 1. The lowest BCUT2D eigenvalue weighted by Gasteiger charge is -2.27. The highest BCUT2D eigenvalue weighted by molar-refractivity contribution is 6.52. The minimum absolute atomic E-state index is 0.0995. The van der Waals surface area contributed by atoms with Gasteiger partial charge in [-0.05, 0) is 37.5 Å². The van der Waals surface area contributed by atoms with E-state index in [4.69, 9.17) is 0 Å². The van der Waals surface area contributed by atoms with Gasteiger partial charge in [0.05, 0.1) is 11.3 Å². The summed E-state index contributed by atoms with van der Waals surface area (Å²) in [5.41, 5.74) is -0.0321. The molecule has 128 valence electrons. The monoisotopic (exact) mass is 340 g/mol. The Kier molecular flexibility index (Phi) is 4.06. The molecular formula is C16H15F3N2O3. The molecule has 0 aliphatic carbocycles. The number of amides is 2. The summed E-state index contributed by atoms with van der Waals surface area (Å²) in [6.45, 7) is -0.296. The summed E-state index contributed by atoms with van der Waals surface area (Å²) >= 11 is 0. The number of anilines is 1. The van der Waals surface area contributed by atoms with Crippen molar-refractivity contribution in [2.45, 2.75) is 25.4 Å². The number of carbonyl (C=O) groups excluding carboxylic acids is 3. The van der Waals surface area contributed by atoms with Gasteiger partial charge in [0.25, 0.3) is 17.6 Å². The third-order valence-corrected chi connectivity index (χ3v) is 4.20. The van der Waals surface area contributed by atoms with Crippen LogP contribution in [0.1, 0.15) is 40.0 Å². The lowest BCUT2D eigenvalue weighted by Crippen LogP contribution is -2.38. The van der Waals surface area contributed by atoms with E-state index in [1.54, 1.807) is 4.90 Å². The average Bonchev–Trinajstić information content (AvgIpc) is 2.78. The highest BCUT2D eigenvalue weighted by Gasteiger charge is 2.42. The van der Waals surface area contributed by atoms with Crippen molar-refractivity contribution >= 4 is 23.3 Å². The van der Waals surface area contributed by atoms with Crippen molar-refractivity contribution in [3.63, 3.8) is 0 Å². The maximum Gasteiger partial charge on any atom is 0.406 e. The molecule has 5 nitrogen and oxygen atoms in total. The Morgan fingerprint density at radius 3 is 2.38 bits per heavy atom. The Balaban J connectivity index is 1.90. The van der Waals surface area contributed by atoms with Crippen LogP contribution in [0, 0.1) is 0 Å². The molecule has 2 heterocycles. The number of alkyl halides is 3. The first kappa shape index (κ1) is 16.5. The number of ketones is 1. The fourth-order valence-electron chi connectivity index (χ4n) is 3.05. The molecule has 8 heteroatoms. The van der Waals surface area contributed by atoms with Gasteiger partial charge in [0.1, 0.15) is 6.54 Å². The summed E-state index contributed by atoms with van der Waals surface area (Å²) in [6.07, 6.45) is -1.77. The summed E-state index contributed by atoms with van der Waals surface area (Å²) in [7, 11) is 0. The summed E-state index contributed by atoms with van der Waals surface area (Å²) in [5.74, 6) is -2.50. The van der Waals surface area contributed by atoms with E-state index in [1.807, 2.05) is 0 Å². The van der Waals surface area contributed by atoms with Gasteiger partial charge in [-0.2, -0.15) is 13.2 Å². The van der Waals surface area contributed by atoms with E-state index in [1.165, 1.54) is 18.2 Å². The molecule has 0 bridgehead atoms. The number of halogens is 3. The van der Waals surface area contributed by atoms with E-state index >= 15 is 0 Å². The van der Waals surface area contributed by atoms with Gasteiger partial charge < -0.3 is 4.90 Å². The number of Topliss-reactive ketones (excluding diaryl/α,β-unsaturated/α-hetero) is 1. The molecule has 1 fully saturated rings. The van der Waals surface area contributed by atoms with Crippen molar-refractivity contribution in [2.24, 2.45) is 0 Å². The maximum atomic E-state index is 12.6. The van der Waals surface area contributed by atoms with Crippen molar-refractivity contribution in [2.75, 3.05) is 24.5 Å². The minimum atomic E-state index is -4.61. The minimum Gasteiger partial charge on any atom is -0.339 e. The smallest absolute Gasteiger partial charge is 0.339 e. The molecular weight excluding hydrogens is 325 g/mol. The number of hydrogen-bond acceptors (Lipinski definition) is 3. The molecule has 0 unspecified atom stereocenters. The van der Waals surface area contributed by atoms with Crippen LogP contribution in [0.15, 0.2) is 18.2 Å². The van der Waals surface area contributed by atoms with E-state index in [0.717, 1.165) is 19.3 Å². The van der Waals surface area contributed by atoms with Crippen molar-refractivity contribution < 1.29 is 27.6 Å². The molecule has 0 N–H and O–H groups in total. The topological polar surface area (TPSA) is 57.7 Å². The van der Waals surface area contributed by atoms with Crippen LogP contribution < -0.4 is 4.90 Å². The molecule has 0 saturated carbocycles. The molecule has 0 aromatic heterocycles. The molecule has 0 radical (unpaired) electrons. The van der Waals surface area contributed by atoms with Gasteiger partial charge in [-0.3, -0.25) is 19.3 Å². The van der Waals surface area contributed by atoms with Crippen LogP contribution in [0.4, 0.5) is 18.9 Å². The normalized spacial score (nSPS) is 18.1. The SMILES string of the molecule is O=C1C(=O)N(CC(F)(F)F)c2ccc(C(=O)N3CCCCC3)cc21. The zero-order valence-electron chi connectivity index (χ0n) is 12.7. The molecule has 2 amide bonds. The van der Waals surface area contributed by atoms with Crippen LogP contribution in [0.2, 0.25) is 0 Å². The second-order valence-electron chi connectivity index (χ2n) is 5.92. The largest absolute Gasteiger partial charge is 0.406 e. The Labute approximate surface area is 136 Å². The molecule has 3 rings (SSSR count). The van der Waals surface area contributed by atoms with Crippen LogP contribution in [-0.2, 0) is 4.79 Å². The van der Waals surface area contributed by atoms with Crippen molar-refractivity contribution in [3.8, 4) is 0 Å². The molecule has 1 aromatic rings. The quantitative estimate of drug-likeness (QED) is 0.777. The van der Waals surface area contributed by atoms with Gasteiger partial charge in [-0.15, -0.1) is 0 Å². The van der Waals surface area contributed by atoms with E-state index in [-0.39, 0.29) is 22.7 Å². The third kappa shape index (κ3) is 3.00. The lowest BCUT2D eigenvalue weighted by molar-refractivity contribution is -0.129. The second kappa shape index (κ2) is 5.92. The Bertz CT molecular complexity index is 709. The summed E-state index contributed by atoms with van der Waals surface area (Å²) in [6, 6.07) is 3.83. The van der Waals surface area contributed by atoms with E-state index in [0.29, 0.717) is 18.0 Å². The molecule has 2 aliphatic heterocycles. The molecule has 2 aliphatic rings. The van der Waals surface area contributed by atoms with Crippen LogP contribution in [-0.4, -0.2) is 48.3 Å². The first-order valence-corrected chi connectivity index (χ1v) is 7.64. The first-order chi connectivity index (χ1) is 11.3. The number of fused-ring (bicyclic) bond motifs is 1. The summed E-state index contributed by atoms with van der Waals surface area (Å²) < 4.78 is 37.8. The van der Waals surface area contributed by atoms with Crippen LogP contribution in [0.25, 0.3) is 0 Å². The number of piperidine rings is 1. The van der Waals surface area contributed by atoms with Crippen LogP contribution >= 0.6 is 0 Å². The van der Waals surface area contributed by atoms with Gasteiger partial charge in [0.2, 0.25) is 0 Å². The van der Waals surface area contributed by atoms with Gasteiger partial charge in [-0.25, -0.2) is 0 Å². The standard InChI is InChI=1S/C16H15F3N2O3/c17-16(18,19)9-21-12-5-4-10(8-11(12)13(22)15(21)24)14(23)20-6-2-1-3-7-20/h4-5,8H,1-3,6-7,9H2. The maximum absolute atomic E-state index is 12.6. The lowest BCUT2D eigenvalue weighted by atomic mass is 10.0. The van der Waals surface area contributed by atoms with Crippen molar-refractivity contribution in [3.05, 3.63) is 29.3 Å². The van der Waals surface area contributed by atoms with Gasteiger partial charge in [-0.1, -0.05) is 0 Å². The van der Waals surface area contributed by atoms with Crippen molar-refractivity contribution in [1.29, 1.82) is 0 Å². The number of benzene rings is 1.